The van der Waals surface area contributed by atoms with Crippen molar-refractivity contribution >= 4 is 27.6 Å². The third kappa shape index (κ3) is 4.52. The number of likely N-dealkylation sites (N-methyl/N-ethyl adjacent to an activating group) is 2. The SMILES string of the molecule is COCCN(C)c1ncc(Br)nc1N1CCCN(C)CC1. The van der Waals surface area contributed by atoms with Crippen LogP contribution < -0.4 is 9.80 Å². The van der Waals surface area contributed by atoms with Crippen LogP contribution in [0.5, 0.6) is 0 Å². The Balaban J connectivity index is 2.21. The lowest BCUT2D eigenvalue weighted by atomic mass is 10.3. The summed E-state index contributed by atoms with van der Waals surface area (Å²) in [6.45, 7) is 5.65. The van der Waals surface area contributed by atoms with Gasteiger partial charge in [0.15, 0.2) is 11.6 Å². The van der Waals surface area contributed by atoms with Gasteiger partial charge in [-0.05, 0) is 35.9 Å². The number of nitrogens with zero attached hydrogens (tertiary/aromatic N) is 5. The molecule has 0 atom stereocenters. The molecular weight excluding hydrogens is 334 g/mol. The summed E-state index contributed by atoms with van der Waals surface area (Å²) in [4.78, 5) is 16.0. The highest BCUT2D eigenvalue weighted by molar-refractivity contribution is 9.10. The van der Waals surface area contributed by atoms with Crippen molar-refractivity contribution in [3.8, 4) is 0 Å². The monoisotopic (exact) mass is 357 g/mol. The molecule has 1 fully saturated rings. The molecule has 0 spiro atoms. The highest BCUT2D eigenvalue weighted by atomic mass is 79.9. The molecule has 2 heterocycles. The van der Waals surface area contributed by atoms with E-state index in [-0.39, 0.29) is 0 Å². The van der Waals surface area contributed by atoms with Crippen molar-refractivity contribution in [2.45, 2.75) is 6.42 Å². The third-order valence-corrected chi connectivity index (χ3v) is 4.10. The second-order valence-corrected chi connectivity index (χ2v) is 6.21. The quantitative estimate of drug-likeness (QED) is 0.794. The van der Waals surface area contributed by atoms with Gasteiger partial charge in [0.2, 0.25) is 0 Å². The molecule has 7 heteroatoms. The first-order valence-electron chi connectivity index (χ1n) is 7.28. The van der Waals surface area contributed by atoms with Gasteiger partial charge in [0.1, 0.15) is 4.60 Å². The topological polar surface area (TPSA) is 44.7 Å². The molecule has 1 aliphatic rings. The maximum atomic E-state index is 5.16. The Hall–Kier alpha value is -0.920. The van der Waals surface area contributed by atoms with Gasteiger partial charge in [0.25, 0.3) is 0 Å². The zero-order valence-electron chi connectivity index (χ0n) is 13.0. The minimum Gasteiger partial charge on any atom is -0.383 e. The number of ether oxygens (including phenoxy) is 1. The van der Waals surface area contributed by atoms with Crippen LogP contribution in [0.2, 0.25) is 0 Å². The van der Waals surface area contributed by atoms with Gasteiger partial charge in [0.05, 0.1) is 12.8 Å². The first-order chi connectivity index (χ1) is 10.1. The second kappa shape index (κ2) is 7.91. The molecule has 1 aromatic rings. The van der Waals surface area contributed by atoms with Crippen LogP contribution in [0.3, 0.4) is 0 Å². The van der Waals surface area contributed by atoms with Gasteiger partial charge in [-0.2, -0.15) is 0 Å². The molecule has 1 aliphatic heterocycles. The fourth-order valence-corrected chi connectivity index (χ4v) is 2.70. The fraction of sp³-hybridized carbons (Fsp3) is 0.714. The Morgan fingerprint density at radius 2 is 2.14 bits per heavy atom. The van der Waals surface area contributed by atoms with E-state index in [1.807, 2.05) is 7.05 Å². The Labute approximate surface area is 135 Å². The number of aromatic nitrogens is 2. The zero-order valence-corrected chi connectivity index (χ0v) is 14.6. The van der Waals surface area contributed by atoms with E-state index in [9.17, 15) is 0 Å². The van der Waals surface area contributed by atoms with Gasteiger partial charge in [-0.1, -0.05) is 0 Å². The van der Waals surface area contributed by atoms with Crippen LogP contribution in [0.4, 0.5) is 11.6 Å². The lowest BCUT2D eigenvalue weighted by Gasteiger charge is -2.27. The molecule has 0 bridgehead atoms. The van der Waals surface area contributed by atoms with Crippen LogP contribution in [-0.2, 0) is 4.74 Å². The van der Waals surface area contributed by atoms with Crippen LogP contribution >= 0.6 is 15.9 Å². The van der Waals surface area contributed by atoms with Gasteiger partial charge in [-0.25, -0.2) is 9.97 Å². The number of halogens is 1. The maximum absolute atomic E-state index is 5.16. The molecule has 0 amide bonds. The van der Waals surface area contributed by atoms with E-state index in [2.05, 4.69) is 47.6 Å². The normalized spacial score (nSPS) is 16.9. The van der Waals surface area contributed by atoms with Crippen LogP contribution in [0.15, 0.2) is 10.8 Å². The molecule has 1 saturated heterocycles. The number of hydrogen-bond donors (Lipinski definition) is 0. The van der Waals surface area contributed by atoms with Crippen molar-refractivity contribution in [2.24, 2.45) is 0 Å². The van der Waals surface area contributed by atoms with Gasteiger partial charge in [-0.15, -0.1) is 0 Å². The molecule has 0 aliphatic carbocycles. The van der Waals surface area contributed by atoms with E-state index >= 15 is 0 Å². The number of anilines is 2. The molecule has 0 N–H and O–H groups in total. The van der Waals surface area contributed by atoms with Gasteiger partial charge < -0.3 is 19.4 Å². The molecule has 0 aromatic carbocycles. The van der Waals surface area contributed by atoms with E-state index in [0.29, 0.717) is 6.61 Å². The first kappa shape index (κ1) is 16.5. The summed E-state index contributed by atoms with van der Waals surface area (Å²) in [7, 11) is 5.92. The smallest absolute Gasteiger partial charge is 0.173 e. The first-order valence-corrected chi connectivity index (χ1v) is 8.07. The van der Waals surface area contributed by atoms with Gasteiger partial charge in [0, 0.05) is 40.3 Å². The largest absolute Gasteiger partial charge is 0.383 e. The minimum absolute atomic E-state index is 0.677. The summed E-state index contributed by atoms with van der Waals surface area (Å²) in [5.41, 5.74) is 0. The standard InChI is InChI=1S/C14H24BrN5O/c1-18-5-4-6-20(8-7-18)14-13(16-11-12(15)17-14)19(2)9-10-21-3/h11H,4-10H2,1-3H3. The molecule has 118 valence electrons. The average Bonchev–Trinajstić information content (AvgIpc) is 2.69. The van der Waals surface area contributed by atoms with E-state index < -0.39 is 0 Å². The summed E-state index contributed by atoms with van der Waals surface area (Å²) in [6.07, 6.45) is 2.90. The van der Waals surface area contributed by atoms with Crippen molar-refractivity contribution in [1.29, 1.82) is 0 Å². The van der Waals surface area contributed by atoms with Crippen molar-refractivity contribution < 1.29 is 4.74 Å². The molecule has 6 nitrogen and oxygen atoms in total. The molecule has 2 rings (SSSR count). The molecule has 0 unspecified atom stereocenters. The predicted molar refractivity (Wildman–Crippen MR) is 89.2 cm³/mol. The van der Waals surface area contributed by atoms with E-state index in [4.69, 9.17) is 4.74 Å². The van der Waals surface area contributed by atoms with Crippen LogP contribution in [-0.4, -0.2) is 75.4 Å². The van der Waals surface area contributed by atoms with Crippen LogP contribution in [0, 0.1) is 0 Å². The number of hydrogen-bond acceptors (Lipinski definition) is 6. The summed E-state index contributed by atoms with van der Waals surface area (Å²) in [5.74, 6) is 1.87. The average molecular weight is 358 g/mol. The van der Waals surface area contributed by atoms with Crippen LogP contribution in [0.25, 0.3) is 0 Å². The minimum atomic E-state index is 0.677. The lowest BCUT2D eigenvalue weighted by Crippen LogP contribution is -2.32. The van der Waals surface area contributed by atoms with Crippen molar-refractivity contribution in [1.82, 2.24) is 14.9 Å². The Bertz CT molecular complexity index is 459. The Kier molecular flexibility index (Phi) is 6.20. The zero-order chi connectivity index (χ0) is 15.2. The number of rotatable bonds is 5. The summed E-state index contributed by atoms with van der Waals surface area (Å²) in [5, 5.41) is 0. The second-order valence-electron chi connectivity index (χ2n) is 5.40. The number of methoxy groups -OCH3 is 1. The van der Waals surface area contributed by atoms with Crippen molar-refractivity contribution in [2.75, 3.05) is 70.3 Å². The molecule has 0 radical (unpaired) electrons. The van der Waals surface area contributed by atoms with Gasteiger partial charge in [-0.3, -0.25) is 0 Å². The van der Waals surface area contributed by atoms with E-state index in [0.717, 1.165) is 55.4 Å². The van der Waals surface area contributed by atoms with E-state index in [1.54, 1.807) is 13.3 Å². The molecule has 21 heavy (non-hydrogen) atoms. The Morgan fingerprint density at radius 3 is 2.90 bits per heavy atom. The third-order valence-electron chi connectivity index (χ3n) is 3.72. The molecular formula is C14H24BrN5O. The highest BCUT2D eigenvalue weighted by Gasteiger charge is 2.20. The Morgan fingerprint density at radius 1 is 1.33 bits per heavy atom. The summed E-state index contributed by atoms with van der Waals surface area (Å²) in [6, 6.07) is 0. The van der Waals surface area contributed by atoms with Crippen molar-refractivity contribution in [3.63, 3.8) is 0 Å². The fourth-order valence-electron chi connectivity index (χ4n) is 2.43. The summed E-state index contributed by atoms with van der Waals surface area (Å²) >= 11 is 3.44. The molecule has 0 saturated carbocycles. The lowest BCUT2D eigenvalue weighted by molar-refractivity contribution is 0.206. The highest BCUT2D eigenvalue weighted by Crippen LogP contribution is 2.26. The van der Waals surface area contributed by atoms with Gasteiger partial charge >= 0.3 is 0 Å². The maximum Gasteiger partial charge on any atom is 0.173 e. The van der Waals surface area contributed by atoms with E-state index in [1.165, 1.54) is 0 Å². The molecule has 1 aromatic heterocycles. The summed E-state index contributed by atoms with van der Waals surface area (Å²) < 4.78 is 5.93. The van der Waals surface area contributed by atoms with Crippen LogP contribution in [0.1, 0.15) is 6.42 Å². The van der Waals surface area contributed by atoms with Crippen molar-refractivity contribution in [3.05, 3.63) is 10.8 Å². The predicted octanol–water partition coefficient (Wildman–Crippen LogP) is 1.46.